The van der Waals surface area contributed by atoms with Crippen LogP contribution in [0.15, 0.2) is 36.4 Å². The summed E-state index contributed by atoms with van der Waals surface area (Å²) in [5.74, 6) is -5.32. The molecular weight excluding hydrogens is 261 g/mol. The molecule has 0 amide bonds. The van der Waals surface area contributed by atoms with Crippen molar-refractivity contribution in [3.05, 3.63) is 59.4 Å². The third-order valence-electron chi connectivity index (χ3n) is 2.26. The van der Waals surface area contributed by atoms with Crippen LogP contribution in [0.5, 0.6) is 11.5 Å². The van der Waals surface area contributed by atoms with E-state index in [4.69, 9.17) is 9.84 Å². The molecule has 0 fully saturated rings. The molecule has 0 unspecified atom stereocenters. The van der Waals surface area contributed by atoms with Crippen molar-refractivity contribution in [2.75, 3.05) is 0 Å². The summed E-state index contributed by atoms with van der Waals surface area (Å²) in [7, 11) is 0. The Morgan fingerprint density at radius 1 is 1.05 bits per heavy atom. The Labute approximate surface area is 105 Å². The van der Waals surface area contributed by atoms with E-state index in [-0.39, 0.29) is 5.75 Å². The smallest absolute Gasteiger partial charge is 0.335 e. The monoisotopic (exact) mass is 268 g/mol. The van der Waals surface area contributed by atoms with Crippen molar-refractivity contribution in [3.63, 3.8) is 0 Å². The van der Waals surface area contributed by atoms with Crippen LogP contribution >= 0.6 is 0 Å². The molecule has 2 aromatic rings. The highest BCUT2D eigenvalue weighted by Gasteiger charge is 2.16. The first-order valence-corrected chi connectivity index (χ1v) is 5.13. The van der Waals surface area contributed by atoms with Crippen molar-refractivity contribution in [2.24, 2.45) is 0 Å². The summed E-state index contributed by atoms with van der Waals surface area (Å²) in [6, 6.07) is 5.97. The molecule has 0 saturated heterocycles. The number of carboxylic acids is 1. The number of ether oxygens (including phenoxy) is 1. The zero-order chi connectivity index (χ0) is 14.0. The van der Waals surface area contributed by atoms with Gasteiger partial charge in [-0.2, -0.15) is 0 Å². The molecule has 0 aromatic heterocycles. The van der Waals surface area contributed by atoms with E-state index in [0.717, 1.165) is 12.1 Å². The van der Waals surface area contributed by atoms with Gasteiger partial charge in [-0.05, 0) is 24.3 Å². The maximum atomic E-state index is 13.5. The Hall–Kier alpha value is -2.50. The van der Waals surface area contributed by atoms with Crippen LogP contribution in [0.25, 0.3) is 0 Å². The first kappa shape index (κ1) is 12.9. The second-order valence-corrected chi connectivity index (χ2v) is 3.63. The summed E-state index contributed by atoms with van der Waals surface area (Å²) in [6.07, 6.45) is 0. The van der Waals surface area contributed by atoms with E-state index in [9.17, 15) is 18.0 Å². The molecule has 6 heteroatoms. The number of rotatable bonds is 3. The first-order valence-electron chi connectivity index (χ1n) is 5.13. The molecule has 98 valence electrons. The van der Waals surface area contributed by atoms with Crippen molar-refractivity contribution in [1.29, 1.82) is 0 Å². The van der Waals surface area contributed by atoms with Gasteiger partial charge in [0.15, 0.2) is 17.4 Å². The van der Waals surface area contributed by atoms with Crippen LogP contribution in [0.4, 0.5) is 13.2 Å². The fraction of sp³-hybridized carbons (Fsp3) is 0. The van der Waals surface area contributed by atoms with Gasteiger partial charge in [0.1, 0.15) is 11.6 Å². The van der Waals surface area contributed by atoms with Crippen molar-refractivity contribution in [1.82, 2.24) is 0 Å². The molecule has 0 saturated carbocycles. The van der Waals surface area contributed by atoms with Gasteiger partial charge in [-0.3, -0.25) is 0 Å². The Balaban J connectivity index is 2.38. The van der Waals surface area contributed by atoms with Crippen molar-refractivity contribution >= 4 is 5.97 Å². The first-order chi connectivity index (χ1) is 8.97. The van der Waals surface area contributed by atoms with Crippen molar-refractivity contribution in [3.8, 4) is 11.5 Å². The van der Waals surface area contributed by atoms with E-state index in [1.807, 2.05) is 0 Å². The molecule has 3 nitrogen and oxygen atoms in total. The Morgan fingerprint density at radius 2 is 1.68 bits per heavy atom. The van der Waals surface area contributed by atoms with Gasteiger partial charge in [0, 0.05) is 6.07 Å². The number of hydrogen-bond donors (Lipinski definition) is 1. The lowest BCUT2D eigenvalue weighted by Gasteiger charge is -2.08. The van der Waals surface area contributed by atoms with Gasteiger partial charge in [-0.15, -0.1) is 0 Å². The number of benzene rings is 2. The normalized spacial score (nSPS) is 10.3. The van der Waals surface area contributed by atoms with Crippen molar-refractivity contribution < 1.29 is 27.8 Å². The number of halogens is 3. The maximum Gasteiger partial charge on any atom is 0.335 e. The standard InChI is InChI=1S/C13H7F3O3/c14-8-2-1-3-9(6-8)19-12-10(15)4-7(13(17)18)5-11(12)16/h1-6H,(H,17,18). The van der Waals surface area contributed by atoms with Gasteiger partial charge in [-0.25, -0.2) is 18.0 Å². The molecule has 1 N–H and O–H groups in total. The summed E-state index contributed by atoms with van der Waals surface area (Å²) in [4.78, 5) is 10.6. The van der Waals surface area contributed by atoms with Gasteiger partial charge in [0.2, 0.25) is 0 Å². The van der Waals surface area contributed by atoms with E-state index in [0.29, 0.717) is 12.1 Å². The molecule has 0 aliphatic heterocycles. The number of aromatic carboxylic acids is 1. The van der Waals surface area contributed by atoms with Crippen LogP contribution in [0.1, 0.15) is 10.4 Å². The van der Waals surface area contributed by atoms with E-state index < -0.39 is 34.7 Å². The van der Waals surface area contributed by atoms with Crippen LogP contribution in [-0.4, -0.2) is 11.1 Å². The molecule has 0 heterocycles. The van der Waals surface area contributed by atoms with Gasteiger partial charge in [-0.1, -0.05) is 6.07 Å². The lowest BCUT2D eigenvalue weighted by molar-refractivity contribution is 0.0695. The predicted molar refractivity (Wildman–Crippen MR) is 59.8 cm³/mol. The summed E-state index contributed by atoms with van der Waals surface area (Å²) in [5, 5.41) is 8.63. The number of carbonyl (C=O) groups is 1. The van der Waals surface area contributed by atoms with Crippen LogP contribution in [0.2, 0.25) is 0 Å². The molecule has 0 aliphatic rings. The van der Waals surface area contributed by atoms with Crippen LogP contribution in [0.3, 0.4) is 0 Å². The Kier molecular flexibility index (Phi) is 3.41. The van der Waals surface area contributed by atoms with E-state index in [1.165, 1.54) is 12.1 Å². The third-order valence-corrected chi connectivity index (χ3v) is 2.26. The molecular formula is C13H7F3O3. The van der Waals surface area contributed by atoms with Gasteiger partial charge >= 0.3 is 5.97 Å². The van der Waals surface area contributed by atoms with Crippen LogP contribution in [0, 0.1) is 17.5 Å². The largest absolute Gasteiger partial charge is 0.478 e. The predicted octanol–water partition coefficient (Wildman–Crippen LogP) is 3.59. The minimum absolute atomic E-state index is 0.0964. The van der Waals surface area contributed by atoms with E-state index in [1.54, 1.807) is 0 Å². The Morgan fingerprint density at radius 3 is 2.21 bits per heavy atom. The maximum absolute atomic E-state index is 13.5. The highest BCUT2D eigenvalue weighted by Crippen LogP contribution is 2.28. The lowest BCUT2D eigenvalue weighted by atomic mass is 10.2. The average molecular weight is 268 g/mol. The van der Waals surface area contributed by atoms with Crippen molar-refractivity contribution in [2.45, 2.75) is 0 Å². The van der Waals surface area contributed by atoms with Gasteiger partial charge in [0.25, 0.3) is 0 Å². The van der Waals surface area contributed by atoms with E-state index >= 15 is 0 Å². The molecule has 0 radical (unpaired) electrons. The summed E-state index contributed by atoms with van der Waals surface area (Å²) < 4.78 is 44.8. The fourth-order valence-electron chi connectivity index (χ4n) is 1.43. The molecule has 2 aromatic carbocycles. The van der Waals surface area contributed by atoms with Gasteiger partial charge in [0.05, 0.1) is 5.56 Å². The Bertz CT molecular complexity index is 618. The van der Waals surface area contributed by atoms with Crippen LogP contribution in [-0.2, 0) is 0 Å². The second-order valence-electron chi connectivity index (χ2n) is 3.63. The van der Waals surface area contributed by atoms with Gasteiger partial charge < -0.3 is 9.84 Å². The SMILES string of the molecule is O=C(O)c1cc(F)c(Oc2cccc(F)c2)c(F)c1. The lowest BCUT2D eigenvalue weighted by Crippen LogP contribution is -2.01. The number of hydrogen-bond acceptors (Lipinski definition) is 2. The minimum Gasteiger partial charge on any atom is -0.478 e. The quantitative estimate of drug-likeness (QED) is 0.925. The molecule has 0 aliphatic carbocycles. The molecule has 19 heavy (non-hydrogen) atoms. The second kappa shape index (κ2) is 5.01. The zero-order valence-electron chi connectivity index (χ0n) is 9.36. The fourth-order valence-corrected chi connectivity index (χ4v) is 1.43. The summed E-state index contributed by atoms with van der Waals surface area (Å²) in [5.41, 5.74) is -0.540. The minimum atomic E-state index is -1.46. The van der Waals surface area contributed by atoms with Crippen LogP contribution < -0.4 is 4.74 Å². The molecule has 2 rings (SSSR count). The topological polar surface area (TPSA) is 46.5 Å². The average Bonchev–Trinajstić information content (AvgIpc) is 2.33. The van der Waals surface area contributed by atoms with E-state index in [2.05, 4.69) is 0 Å². The summed E-state index contributed by atoms with van der Waals surface area (Å²) >= 11 is 0. The highest BCUT2D eigenvalue weighted by molar-refractivity contribution is 5.87. The third kappa shape index (κ3) is 2.85. The molecule has 0 spiro atoms. The molecule has 0 bridgehead atoms. The zero-order valence-corrected chi connectivity index (χ0v) is 9.36. The molecule has 0 atom stereocenters. The number of carboxylic acid groups (broad SMARTS) is 1. The highest BCUT2D eigenvalue weighted by atomic mass is 19.1. The summed E-state index contributed by atoms with van der Waals surface area (Å²) in [6.45, 7) is 0.